The van der Waals surface area contributed by atoms with Gasteiger partial charge in [-0.15, -0.1) is 0 Å². The van der Waals surface area contributed by atoms with Crippen LogP contribution in [0.3, 0.4) is 0 Å². The monoisotopic (exact) mass is 459 g/mol. The van der Waals surface area contributed by atoms with Crippen LogP contribution in [0.15, 0.2) is 30.3 Å². The van der Waals surface area contributed by atoms with Crippen molar-refractivity contribution in [2.75, 3.05) is 40.4 Å². The van der Waals surface area contributed by atoms with E-state index < -0.39 is 23.8 Å². The minimum absolute atomic E-state index is 0.0189. The third-order valence-electron chi connectivity index (χ3n) is 4.71. The van der Waals surface area contributed by atoms with Crippen molar-refractivity contribution in [2.45, 2.75) is 20.8 Å². The first-order valence-electron chi connectivity index (χ1n) is 10.1. The van der Waals surface area contributed by atoms with Crippen molar-refractivity contribution in [3.8, 4) is 23.0 Å². The molecule has 1 amide bonds. The molecule has 33 heavy (non-hydrogen) atoms. The van der Waals surface area contributed by atoms with E-state index in [-0.39, 0.29) is 28.5 Å². The van der Waals surface area contributed by atoms with Gasteiger partial charge in [-0.3, -0.25) is 9.59 Å². The Morgan fingerprint density at radius 2 is 1.33 bits per heavy atom. The van der Waals surface area contributed by atoms with Gasteiger partial charge in [0.15, 0.2) is 35.4 Å². The van der Waals surface area contributed by atoms with Crippen molar-refractivity contribution in [3.63, 3.8) is 0 Å². The topological polar surface area (TPSA) is 109 Å². The number of ketones is 1. The lowest BCUT2D eigenvalue weighted by atomic mass is 9.95. The first kappa shape index (κ1) is 25.5. The quantitative estimate of drug-likeness (QED) is 0.446. The highest BCUT2D eigenvalue weighted by molar-refractivity contribution is 6.05. The molecule has 0 saturated carbocycles. The van der Waals surface area contributed by atoms with Gasteiger partial charge in [-0.05, 0) is 18.2 Å². The van der Waals surface area contributed by atoms with Crippen molar-refractivity contribution in [3.05, 3.63) is 41.5 Å². The number of anilines is 1. The minimum atomic E-state index is -0.811. The molecule has 178 valence electrons. The van der Waals surface area contributed by atoms with Crippen molar-refractivity contribution in [1.82, 2.24) is 0 Å². The predicted molar refractivity (Wildman–Crippen MR) is 122 cm³/mol. The second kappa shape index (κ2) is 10.7. The zero-order valence-electron chi connectivity index (χ0n) is 19.9. The second-order valence-electron chi connectivity index (χ2n) is 8.03. The minimum Gasteiger partial charge on any atom is -0.493 e. The van der Waals surface area contributed by atoms with E-state index in [0.29, 0.717) is 17.2 Å². The van der Waals surface area contributed by atoms with E-state index in [9.17, 15) is 14.4 Å². The van der Waals surface area contributed by atoms with Gasteiger partial charge in [0.25, 0.3) is 0 Å². The Bertz CT molecular complexity index is 1040. The van der Waals surface area contributed by atoms with Crippen molar-refractivity contribution >= 4 is 23.3 Å². The molecule has 0 fully saturated rings. The first-order valence-corrected chi connectivity index (χ1v) is 10.1. The largest absolute Gasteiger partial charge is 0.493 e. The van der Waals surface area contributed by atoms with Gasteiger partial charge in [0.2, 0.25) is 5.91 Å². The standard InChI is InChI=1S/C24H29NO8/c1-24(2,3)23(28)25-16-12-21(32-7)20(31-6)11-15(16)22(27)33-13-17(26)14-8-9-18(29-4)19(10-14)30-5/h8-12H,13H2,1-7H3,(H,25,28). The molecule has 0 aromatic heterocycles. The van der Waals surface area contributed by atoms with Crippen LogP contribution in [-0.2, 0) is 9.53 Å². The fourth-order valence-corrected chi connectivity index (χ4v) is 2.76. The van der Waals surface area contributed by atoms with Crippen LogP contribution >= 0.6 is 0 Å². The molecule has 2 rings (SSSR count). The Hall–Kier alpha value is -3.75. The average Bonchev–Trinajstić information content (AvgIpc) is 2.80. The van der Waals surface area contributed by atoms with Gasteiger partial charge in [0.05, 0.1) is 39.7 Å². The number of hydrogen-bond acceptors (Lipinski definition) is 8. The molecule has 0 radical (unpaired) electrons. The summed E-state index contributed by atoms with van der Waals surface area (Å²) in [5.74, 6) is -0.134. The summed E-state index contributed by atoms with van der Waals surface area (Å²) in [6.45, 7) is 4.70. The number of methoxy groups -OCH3 is 4. The highest BCUT2D eigenvalue weighted by atomic mass is 16.5. The van der Waals surface area contributed by atoms with Crippen LogP contribution in [0, 0.1) is 5.41 Å². The number of esters is 1. The first-order chi connectivity index (χ1) is 15.5. The van der Waals surface area contributed by atoms with E-state index in [1.807, 2.05) is 0 Å². The summed E-state index contributed by atoms with van der Waals surface area (Å²) >= 11 is 0. The van der Waals surface area contributed by atoms with Crippen molar-refractivity contribution < 1.29 is 38.1 Å². The fraction of sp³-hybridized carbons (Fsp3) is 0.375. The molecule has 0 aliphatic carbocycles. The lowest BCUT2D eigenvalue weighted by molar-refractivity contribution is -0.123. The SMILES string of the molecule is COc1ccc(C(=O)COC(=O)c2cc(OC)c(OC)cc2NC(=O)C(C)(C)C)cc1OC. The number of rotatable bonds is 9. The van der Waals surface area contributed by atoms with Crippen LogP contribution in [0.4, 0.5) is 5.69 Å². The zero-order valence-corrected chi connectivity index (χ0v) is 19.9. The molecule has 0 heterocycles. The number of hydrogen-bond donors (Lipinski definition) is 1. The maximum atomic E-state index is 12.9. The van der Waals surface area contributed by atoms with Gasteiger partial charge in [-0.1, -0.05) is 20.8 Å². The van der Waals surface area contributed by atoms with E-state index in [2.05, 4.69) is 5.32 Å². The van der Waals surface area contributed by atoms with Gasteiger partial charge < -0.3 is 29.0 Å². The summed E-state index contributed by atoms with van der Waals surface area (Å²) in [4.78, 5) is 38.0. The summed E-state index contributed by atoms with van der Waals surface area (Å²) < 4.78 is 26.1. The molecule has 2 aromatic rings. The number of nitrogens with one attached hydrogen (secondary N) is 1. The van der Waals surface area contributed by atoms with E-state index in [4.69, 9.17) is 23.7 Å². The number of carbonyl (C=O) groups excluding carboxylic acids is 3. The summed E-state index contributed by atoms with van der Waals surface area (Å²) in [6.07, 6.45) is 0. The van der Waals surface area contributed by atoms with Gasteiger partial charge in [0.1, 0.15) is 0 Å². The van der Waals surface area contributed by atoms with Gasteiger partial charge >= 0.3 is 5.97 Å². The molecule has 1 N–H and O–H groups in total. The molecule has 0 unspecified atom stereocenters. The Morgan fingerprint density at radius 1 is 0.788 bits per heavy atom. The predicted octanol–water partition coefficient (Wildman–Crippen LogP) is 3.75. The Kier molecular flexibility index (Phi) is 8.28. The van der Waals surface area contributed by atoms with E-state index in [0.717, 1.165) is 0 Å². The Balaban J connectivity index is 2.28. The molecular formula is C24H29NO8. The molecule has 0 saturated heterocycles. The molecule has 9 heteroatoms. The number of amides is 1. The van der Waals surface area contributed by atoms with Crippen LogP contribution in [-0.4, -0.2) is 52.7 Å². The maximum absolute atomic E-state index is 12.9. The lowest BCUT2D eigenvalue weighted by Crippen LogP contribution is -2.28. The normalized spacial score (nSPS) is 10.8. The average molecular weight is 459 g/mol. The van der Waals surface area contributed by atoms with Crippen LogP contribution < -0.4 is 24.3 Å². The molecule has 0 atom stereocenters. The maximum Gasteiger partial charge on any atom is 0.340 e. The summed E-state index contributed by atoms with van der Waals surface area (Å²) in [6, 6.07) is 7.49. The third kappa shape index (κ3) is 6.15. The molecule has 0 spiro atoms. The highest BCUT2D eigenvalue weighted by Crippen LogP contribution is 2.34. The number of benzene rings is 2. The number of Topliss-reactive ketones (excluding diaryl/α,β-unsaturated/α-hetero) is 1. The van der Waals surface area contributed by atoms with Crippen molar-refractivity contribution in [2.24, 2.45) is 5.41 Å². The number of ether oxygens (including phenoxy) is 5. The summed E-state index contributed by atoms with van der Waals surface area (Å²) in [5.41, 5.74) is -0.229. The van der Waals surface area contributed by atoms with Crippen LogP contribution in [0.5, 0.6) is 23.0 Å². The van der Waals surface area contributed by atoms with Crippen LogP contribution in [0.1, 0.15) is 41.5 Å². The third-order valence-corrected chi connectivity index (χ3v) is 4.71. The summed E-state index contributed by atoms with van der Waals surface area (Å²) in [7, 11) is 5.80. The highest BCUT2D eigenvalue weighted by Gasteiger charge is 2.26. The molecule has 0 bridgehead atoms. The van der Waals surface area contributed by atoms with Crippen LogP contribution in [0.25, 0.3) is 0 Å². The second-order valence-corrected chi connectivity index (χ2v) is 8.03. The van der Waals surface area contributed by atoms with E-state index in [1.165, 1.54) is 46.6 Å². The van der Waals surface area contributed by atoms with Gasteiger partial charge in [-0.25, -0.2) is 4.79 Å². The van der Waals surface area contributed by atoms with E-state index >= 15 is 0 Å². The zero-order chi connectivity index (χ0) is 24.8. The molecule has 2 aromatic carbocycles. The number of carbonyl (C=O) groups is 3. The molecule has 0 aliphatic heterocycles. The fourth-order valence-electron chi connectivity index (χ4n) is 2.76. The molecular weight excluding hydrogens is 430 g/mol. The van der Waals surface area contributed by atoms with E-state index in [1.54, 1.807) is 32.9 Å². The van der Waals surface area contributed by atoms with Gasteiger partial charge in [0, 0.05) is 23.1 Å². The Labute approximate surface area is 192 Å². The molecule has 0 aliphatic rings. The lowest BCUT2D eigenvalue weighted by Gasteiger charge is -2.20. The summed E-state index contributed by atoms with van der Waals surface area (Å²) in [5, 5.41) is 2.71. The van der Waals surface area contributed by atoms with Gasteiger partial charge in [-0.2, -0.15) is 0 Å². The van der Waals surface area contributed by atoms with Crippen molar-refractivity contribution in [1.29, 1.82) is 0 Å². The molecule has 9 nitrogen and oxygen atoms in total. The Morgan fingerprint density at radius 3 is 1.88 bits per heavy atom. The van der Waals surface area contributed by atoms with Crippen LogP contribution in [0.2, 0.25) is 0 Å². The smallest absolute Gasteiger partial charge is 0.340 e.